The van der Waals surface area contributed by atoms with Crippen molar-refractivity contribution in [2.24, 2.45) is 17.4 Å². The number of amides is 1. The minimum atomic E-state index is -0.629. The first-order chi connectivity index (χ1) is 7.91. The van der Waals surface area contributed by atoms with E-state index < -0.39 is 5.91 Å². The number of hydrogen-bond donors (Lipinski definition) is 3. The van der Waals surface area contributed by atoms with Crippen LogP contribution in [-0.2, 0) is 4.79 Å². The van der Waals surface area contributed by atoms with Gasteiger partial charge in [-0.25, -0.2) is 0 Å². The molecule has 0 bridgehead atoms. The van der Waals surface area contributed by atoms with Crippen LogP contribution < -0.4 is 16.8 Å². The molecule has 0 spiro atoms. The van der Waals surface area contributed by atoms with E-state index in [1.54, 1.807) is 24.3 Å². The molecule has 0 unspecified atom stereocenters. The summed E-state index contributed by atoms with van der Waals surface area (Å²) in [7, 11) is 0. The highest BCUT2D eigenvalue weighted by Gasteiger charge is 2.12. The van der Waals surface area contributed by atoms with Gasteiger partial charge in [-0.3, -0.25) is 4.79 Å². The average Bonchev–Trinajstić information content (AvgIpc) is 2.26. The Morgan fingerprint density at radius 2 is 1.76 bits per heavy atom. The van der Waals surface area contributed by atoms with Crippen molar-refractivity contribution in [2.75, 3.05) is 5.32 Å². The van der Waals surface area contributed by atoms with E-state index in [-0.39, 0.29) is 11.6 Å². The van der Waals surface area contributed by atoms with Crippen LogP contribution in [-0.4, -0.2) is 5.91 Å². The Bertz CT molecular complexity index is 438. The van der Waals surface area contributed by atoms with Crippen LogP contribution >= 0.6 is 11.6 Å². The first-order valence-corrected chi connectivity index (χ1v) is 5.61. The zero-order valence-corrected chi connectivity index (χ0v) is 10.6. The molecule has 17 heavy (non-hydrogen) atoms. The summed E-state index contributed by atoms with van der Waals surface area (Å²) in [6.07, 6.45) is 0. The Morgan fingerprint density at radius 1 is 1.24 bits per heavy atom. The zero-order valence-electron chi connectivity index (χ0n) is 9.83. The number of nitrogens with two attached hydrogens (primary N) is 2. The van der Waals surface area contributed by atoms with Gasteiger partial charge in [-0.05, 0) is 30.2 Å². The van der Waals surface area contributed by atoms with Gasteiger partial charge in [0.15, 0.2) is 0 Å². The maximum absolute atomic E-state index is 11.1. The van der Waals surface area contributed by atoms with Gasteiger partial charge in [0.05, 0.1) is 0 Å². The molecule has 0 radical (unpaired) electrons. The molecule has 0 atom stereocenters. The van der Waals surface area contributed by atoms with Gasteiger partial charge in [0, 0.05) is 16.4 Å². The van der Waals surface area contributed by atoms with Crippen LogP contribution in [0.3, 0.4) is 0 Å². The molecular weight excluding hydrogens is 238 g/mol. The minimum absolute atomic E-state index is 0.0509. The summed E-state index contributed by atoms with van der Waals surface area (Å²) >= 11 is 5.79. The van der Waals surface area contributed by atoms with Crippen LogP contribution in [0.25, 0.3) is 0 Å². The van der Waals surface area contributed by atoms with Crippen LogP contribution in [0.4, 0.5) is 5.69 Å². The van der Waals surface area contributed by atoms with E-state index in [1.807, 2.05) is 13.8 Å². The van der Waals surface area contributed by atoms with Crippen molar-refractivity contribution in [3.63, 3.8) is 0 Å². The predicted octanol–water partition coefficient (Wildman–Crippen LogP) is 2.06. The summed E-state index contributed by atoms with van der Waals surface area (Å²) in [5.41, 5.74) is 12.3. The van der Waals surface area contributed by atoms with E-state index >= 15 is 0 Å². The van der Waals surface area contributed by atoms with Crippen molar-refractivity contribution < 1.29 is 4.79 Å². The van der Waals surface area contributed by atoms with Crippen LogP contribution in [0, 0.1) is 5.92 Å². The molecule has 92 valence electrons. The highest BCUT2D eigenvalue weighted by Crippen LogP contribution is 2.19. The molecule has 0 aromatic heterocycles. The normalized spacial score (nSPS) is 12.2. The summed E-state index contributed by atoms with van der Waals surface area (Å²) in [5, 5.41) is 3.73. The third-order valence-corrected chi connectivity index (χ3v) is 2.51. The maximum Gasteiger partial charge on any atom is 0.266 e. The third kappa shape index (κ3) is 3.67. The number of primary amides is 1. The molecule has 1 rings (SSSR count). The van der Waals surface area contributed by atoms with E-state index in [9.17, 15) is 4.79 Å². The number of carbonyl (C=O) groups excluding carboxylic acids is 1. The van der Waals surface area contributed by atoms with Crippen LogP contribution in [0.15, 0.2) is 35.7 Å². The second kappa shape index (κ2) is 5.59. The van der Waals surface area contributed by atoms with Gasteiger partial charge in [0.2, 0.25) is 0 Å². The molecule has 1 aromatic carbocycles. The van der Waals surface area contributed by atoms with E-state index in [2.05, 4.69) is 5.32 Å². The Hall–Kier alpha value is -1.68. The fourth-order valence-corrected chi connectivity index (χ4v) is 1.47. The summed E-state index contributed by atoms with van der Waals surface area (Å²) in [4.78, 5) is 11.1. The molecule has 0 aliphatic carbocycles. The average molecular weight is 254 g/mol. The molecule has 5 heteroatoms. The molecule has 0 saturated carbocycles. The second-order valence-electron chi connectivity index (χ2n) is 3.98. The molecule has 1 aromatic rings. The molecule has 0 aliphatic heterocycles. The first-order valence-electron chi connectivity index (χ1n) is 5.24. The lowest BCUT2D eigenvalue weighted by Gasteiger charge is -2.16. The van der Waals surface area contributed by atoms with Crippen molar-refractivity contribution in [1.29, 1.82) is 0 Å². The fourth-order valence-electron chi connectivity index (χ4n) is 1.34. The van der Waals surface area contributed by atoms with Gasteiger partial charge >= 0.3 is 0 Å². The van der Waals surface area contributed by atoms with E-state index in [0.717, 1.165) is 5.69 Å². The molecule has 0 fully saturated rings. The summed E-state index contributed by atoms with van der Waals surface area (Å²) < 4.78 is 0. The van der Waals surface area contributed by atoms with Crippen molar-refractivity contribution in [3.05, 3.63) is 40.7 Å². The maximum atomic E-state index is 11.1. The number of hydrogen-bond acceptors (Lipinski definition) is 3. The third-order valence-electron chi connectivity index (χ3n) is 2.26. The second-order valence-corrected chi connectivity index (χ2v) is 4.41. The molecule has 5 N–H and O–H groups in total. The lowest BCUT2D eigenvalue weighted by Crippen LogP contribution is -2.26. The van der Waals surface area contributed by atoms with Crippen molar-refractivity contribution >= 4 is 23.2 Å². The molecule has 0 saturated heterocycles. The first kappa shape index (κ1) is 13.4. The Kier molecular flexibility index (Phi) is 4.40. The van der Waals surface area contributed by atoms with Gasteiger partial charge in [0.25, 0.3) is 5.91 Å². The van der Waals surface area contributed by atoms with Crippen molar-refractivity contribution in [1.82, 2.24) is 0 Å². The number of anilines is 1. The van der Waals surface area contributed by atoms with Gasteiger partial charge in [-0.15, -0.1) is 0 Å². The van der Waals surface area contributed by atoms with E-state index in [4.69, 9.17) is 23.1 Å². The minimum Gasteiger partial charge on any atom is -0.393 e. The van der Waals surface area contributed by atoms with Crippen molar-refractivity contribution in [2.45, 2.75) is 13.8 Å². The van der Waals surface area contributed by atoms with Crippen molar-refractivity contribution in [3.8, 4) is 0 Å². The van der Waals surface area contributed by atoms with Crippen LogP contribution in [0.2, 0.25) is 5.02 Å². The molecular formula is C12H16ClN3O. The highest BCUT2D eigenvalue weighted by atomic mass is 35.5. The number of benzene rings is 1. The largest absolute Gasteiger partial charge is 0.393 e. The Balaban J connectivity index is 3.00. The van der Waals surface area contributed by atoms with Gasteiger partial charge < -0.3 is 16.8 Å². The smallest absolute Gasteiger partial charge is 0.266 e. The number of carbonyl (C=O) groups is 1. The SMILES string of the molecule is CC(C)/C(Nc1ccc(Cl)cc1)=C(/N)C(N)=O. The summed E-state index contributed by atoms with van der Waals surface area (Å²) in [5.74, 6) is -0.562. The fraction of sp³-hybridized carbons (Fsp3) is 0.250. The number of halogens is 1. The molecule has 4 nitrogen and oxygen atoms in total. The summed E-state index contributed by atoms with van der Waals surface area (Å²) in [6, 6.07) is 7.11. The molecule has 0 heterocycles. The summed E-state index contributed by atoms with van der Waals surface area (Å²) in [6.45, 7) is 3.85. The topological polar surface area (TPSA) is 81.1 Å². The van der Waals surface area contributed by atoms with Crippen LogP contribution in [0.1, 0.15) is 13.8 Å². The monoisotopic (exact) mass is 253 g/mol. The Labute approximate surface area is 106 Å². The Morgan fingerprint density at radius 3 is 2.18 bits per heavy atom. The van der Waals surface area contributed by atoms with E-state index in [1.165, 1.54) is 0 Å². The molecule has 0 aliphatic rings. The quantitative estimate of drug-likeness (QED) is 0.719. The van der Waals surface area contributed by atoms with Gasteiger partial charge in [0.1, 0.15) is 5.70 Å². The van der Waals surface area contributed by atoms with Gasteiger partial charge in [-0.1, -0.05) is 25.4 Å². The van der Waals surface area contributed by atoms with Gasteiger partial charge in [-0.2, -0.15) is 0 Å². The van der Waals surface area contributed by atoms with E-state index in [0.29, 0.717) is 10.7 Å². The highest BCUT2D eigenvalue weighted by molar-refractivity contribution is 6.30. The lowest BCUT2D eigenvalue weighted by atomic mass is 10.1. The number of nitrogens with one attached hydrogen (secondary N) is 1. The number of allylic oxidation sites excluding steroid dienone is 1. The standard InChI is InChI=1S/C12H16ClN3O/c1-7(2)11(10(14)12(15)17)16-9-5-3-8(13)4-6-9/h3-7,16H,14H2,1-2H3,(H2,15,17)/b11-10-. The predicted molar refractivity (Wildman–Crippen MR) is 70.3 cm³/mol. The molecule has 1 amide bonds. The number of rotatable bonds is 4. The zero-order chi connectivity index (χ0) is 13.0. The van der Waals surface area contributed by atoms with Crippen LogP contribution in [0.5, 0.6) is 0 Å². The lowest BCUT2D eigenvalue weighted by molar-refractivity contribution is -0.114.